The Bertz CT molecular complexity index is 3830. The molecule has 0 atom stereocenters. The Labute approximate surface area is 368 Å². The predicted octanol–water partition coefficient (Wildman–Crippen LogP) is 15.5. The molecule has 0 saturated heterocycles. The standard InChI is InChI=1S/C59H36N4O/c1-3-13-37(14-4-1)39-23-27-41(28-24-39)57-60-58(42-29-25-40(26-30-42)38-15-5-2-6-16-38)62-59(61-57)48-31-32-53-55(50-34-44-18-8-10-20-46(44)36-54(50)64-53)56(48)63-51-22-12-11-21-47(51)49-33-43-17-7-9-19-45(43)35-52(49)63/h1-36H. The fraction of sp³-hybridized carbons (Fsp3) is 0. The fourth-order valence-electron chi connectivity index (χ4n) is 9.48. The molecule has 0 aliphatic rings. The van der Waals surface area contributed by atoms with E-state index >= 15 is 0 Å². The van der Waals surface area contributed by atoms with Crippen molar-refractivity contribution < 1.29 is 4.42 Å². The van der Waals surface area contributed by atoms with Gasteiger partial charge in [-0.1, -0.05) is 176 Å². The van der Waals surface area contributed by atoms with Gasteiger partial charge in [0.05, 0.1) is 22.1 Å². The van der Waals surface area contributed by atoms with E-state index in [-0.39, 0.29) is 0 Å². The monoisotopic (exact) mass is 816 g/mol. The Morgan fingerprint density at radius 3 is 1.39 bits per heavy atom. The van der Waals surface area contributed by atoms with Gasteiger partial charge in [-0.05, 0) is 86.3 Å². The fourth-order valence-corrected chi connectivity index (χ4v) is 9.48. The van der Waals surface area contributed by atoms with E-state index in [1.54, 1.807) is 0 Å². The molecule has 0 bridgehead atoms. The van der Waals surface area contributed by atoms with Crippen molar-refractivity contribution in [2.24, 2.45) is 0 Å². The van der Waals surface area contributed by atoms with Crippen molar-refractivity contribution in [1.82, 2.24) is 19.5 Å². The molecule has 0 unspecified atom stereocenters. The third-order valence-corrected chi connectivity index (χ3v) is 12.6. The highest BCUT2D eigenvalue weighted by molar-refractivity contribution is 6.19. The quantitative estimate of drug-likeness (QED) is 0.168. The van der Waals surface area contributed by atoms with Crippen LogP contribution in [0.3, 0.4) is 0 Å². The summed E-state index contributed by atoms with van der Waals surface area (Å²) in [5.74, 6) is 1.75. The number of benzene rings is 10. The van der Waals surface area contributed by atoms with E-state index in [2.05, 4.69) is 211 Å². The summed E-state index contributed by atoms with van der Waals surface area (Å²) in [6.07, 6.45) is 0. The second-order valence-electron chi connectivity index (χ2n) is 16.4. The largest absolute Gasteiger partial charge is 0.456 e. The minimum absolute atomic E-state index is 0.568. The summed E-state index contributed by atoms with van der Waals surface area (Å²) in [5, 5.41) is 8.99. The van der Waals surface area contributed by atoms with E-state index in [1.165, 1.54) is 21.5 Å². The summed E-state index contributed by atoms with van der Waals surface area (Å²) in [6, 6.07) is 76.9. The number of furan rings is 1. The molecule has 0 fully saturated rings. The lowest BCUT2D eigenvalue weighted by Gasteiger charge is -2.16. The molecule has 0 radical (unpaired) electrons. The zero-order chi connectivity index (χ0) is 42.1. The lowest BCUT2D eigenvalue weighted by atomic mass is 10.0. The van der Waals surface area contributed by atoms with E-state index in [1.807, 2.05) is 12.1 Å². The SMILES string of the molecule is c1ccc(-c2ccc(-c3nc(-c4ccc(-c5ccccc5)cc4)nc(-c4ccc5oc6cc7ccccc7cc6c5c4-n4c5ccccc5c5cc6ccccc6cc54)n3)cc2)cc1. The minimum Gasteiger partial charge on any atom is -0.456 e. The van der Waals surface area contributed by atoms with E-state index in [0.717, 1.165) is 88.4 Å². The van der Waals surface area contributed by atoms with Crippen molar-refractivity contribution in [2.75, 3.05) is 0 Å². The molecular weight excluding hydrogens is 781 g/mol. The van der Waals surface area contributed by atoms with Crippen molar-refractivity contribution >= 4 is 65.3 Å². The van der Waals surface area contributed by atoms with Crippen LogP contribution in [0.15, 0.2) is 223 Å². The van der Waals surface area contributed by atoms with Gasteiger partial charge in [0, 0.05) is 32.8 Å². The molecule has 298 valence electrons. The molecular formula is C59H36N4O. The Morgan fingerprint density at radius 1 is 0.312 bits per heavy atom. The molecule has 5 nitrogen and oxygen atoms in total. The van der Waals surface area contributed by atoms with Crippen LogP contribution in [-0.4, -0.2) is 19.5 Å². The number of hydrogen-bond acceptors (Lipinski definition) is 4. The summed E-state index contributed by atoms with van der Waals surface area (Å²) in [5.41, 5.74) is 12.0. The number of fused-ring (bicyclic) bond motifs is 8. The van der Waals surface area contributed by atoms with Crippen LogP contribution in [0.5, 0.6) is 0 Å². The van der Waals surface area contributed by atoms with Crippen molar-refractivity contribution in [3.05, 3.63) is 218 Å². The van der Waals surface area contributed by atoms with Gasteiger partial charge < -0.3 is 8.98 Å². The average Bonchev–Trinajstić information content (AvgIpc) is 3.89. The number of rotatable bonds is 6. The van der Waals surface area contributed by atoms with Crippen LogP contribution in [0.4, 0.5) is 0 Å². The van der Waals surface area contributed by atoms with Crippen LogP contribution in [0, 0.1) is 0 Å². The van der Waals surface area contributed by atoms with E-state index in [9.17, 15) is 0 Å². The molecule has 0 N–H and O–H groups in total. The first-order valence-electron chi connectivity index (χ1n) is 21.6. The minimum atomic E-state index is 0.568. The first-order valence-corrected chi connectivity index (χ1v) is 21.6. The van der Waals surface area contributed by atoms with Gasteiger partial charge in [-0.15, -0.1) is 0 Å². The summed E-state index contributed by atoms with van der Waals surface area (Å²) in [7, 11) is 0. The zero-order valence-electron chi connectivity index (χ0n) is 34.5. The number of hydrogen-bond donors (Lipinski definition) is 0. The second-order valence-corrected chi connectivity index (χ2v) is 16.4. The van der Waals surface area contributed by atoms with Crippen molar-refractivity contribution in [2.45, 2.75) is 0 Å². The molecule has 0 spiro atoms. The smallest absolute Gasteiger partial charge is 0.166 e. The molecule has 5 heteroatoms. The Kier molecular flexibility index (Phi) is 8.15. The Morgan fingerprint density at radius 2 is 0.781 bits per heavy atom. The normalized spacial score (nSPS) is 11.8. The molecule has 3 aromatic heterocycles. The van der Waals surface area contributed by atoms with E-state index in [0.29, 0.717) is 17.5 Å². The van der Waals surface area contributed by atoms with Gasteiger partial charge in [-0.25, -0.2) is 15.0 Å². The first kappa shape index (κ1) is 36.0. The van der Waals surface area contributed by atoms with Gasteiger partial charge in [0.2, 0.25) is 0 Å². The van der Waals surface area contributed by atoms with Crippen LogP contribution < -0.4 is 0 Å². The maximum Gasteiger partial charge on any atom is 0.166 e. The predicted molar refractivity (Wildman–Crippen MR) is 264 cm³/mol. The highest BCUT2D eigenvalue weighted by Gasteiger charge is 2.25. The van der Waals surface area contributed by atoms with Crippen molar-refractivity contribution in [3.63, 3.8) is 0 Å². The maximum atomic E-state index is 6.80. The molecule has 3 heterocycles. The number of aromatic nitrogens is 4. The topological polar surface area (TPSA) is 56.7 Å². The molecule has 10 aromatic carbocycles. The third-order valence-electron chi connectivity index (χ3n) is 12.6. The number of nitrogens with zero attached hydrogens (tertiary/aromatic N) is 4. The van der Waals surface area contributed by atoms with E-state index < -0.39 is 0 Å². The van der Waals surface area contributed by atoms with Crippen LogP contribution in [0.2, 0.25) is 0 Å². The average molecular weight is 817 g/mol. The van der Waals surface area contributed by atoms with Crippen LogP contribution >= 0.6 is 0 Å². The summed E-state index contributed by atoms with van der Waals surface area (Å²) < 4.78 is 9.21. The molecule has 0 saturated carbocycles. The molecule has 64 heavy (non-hydrogen) atoms. The molecule has 13 aromatic rings. The lowest BCUT2D eigenvalue weighted by Crippen LogP contribution is -2.04. The van der Waals surface area contributed by atoms with Gasteiger partial charge in [-0.2, -0.15) is 0 Å². The van der Waals surface area contributed by atoms with Gasteiger partial charge in [-0.3, -0.25) is 0 Å². The Hall–Kier alpha value is -8.67. The molecule has 13 rings (SSSR count). The van der Waals surface area contributed by atoms with E-state index in [4.69, 9.17) is 19.4 Å². The highest BCUT2D eigenvalue weighted by Crippen LogP contribution is 2.45. The molecule has 0 aliphatic carbocycles. The van der Waals surface area contributed by atoms with Gasteiger partial charge in [0.25, 0.3) is 0 Å². The van der Waals surface area contributed by atoms with Gasteiger partial charge in [0.15, 0.2) is 17.5 Å². The molecule has 0 amide bonds. The van der Waals surface area contributed by atoms with Crippen LogP contribution in [-0.2, 0) is 0 Å². The molecule has 0 aliphatic heterocycles. The van der Waals surface area contributed by atoms with Gasteiger partial charge >= 0.3 is 0 Å². The van der Waals surface area contributed by atoms with Crippen molar-refractivity contribution in [1.29, 1.82) is 0 Å². The summed E-state index contributed by atoms with van der Waals surface area (Å²) in [6.45, 7) is 0. The third kappa shape index (κ3) is 5.90. The maximum absolute atomic E-state index is 6.80. The summed E-state index contributed by atoms with van der Waals surface area (Å²) in [4.78, 5) is 16.0. The lowest BCUT2D eigenvalue weighted by molar-refractivity contribution is 0.669. The zero-order valence-corrected chi connectivity index (χ0v) is 34.5. The summed E-state index contributed by atoms with van der Waals surface area (Å²) >= 11 is 0. The first-order chi connectivity index (χ1) is 31.7. The van der Waals surface area contributed by atoms with Gasteiger partial charge in [0.1, 0.15) is 11.2 Å². The van der Waals surface area contributed by atoms with Crippen LogP contribution in [0.1, 0.15) is 0 Å². The van der Waals surface area contributed by atoms with Crippen molar-refractivity contribution in [3.8, 4) is 62.1 Å². The van der Waals surface area contributed by atoms with Crippen LogP contribution in [0.25, 0.3) is 127 Å². The number of para-hydroxylation sites is 1. The Balaban J connectivity index is 1.11. The highest BCUT2D eigenvalue weighted by atomic mass is 16.3. The second kappa shape index (κ2) is 14.5.